The first kappa shape index (κ1) is 23.2. The van der Waals surface area contributed by atoms with Gasteiger partial charge in [-0.15, -0.1) is 11.8 Å². The molecule has 1 fully saturated rings. The largest absolute Gasteiger partial charge is 0.519 e. The lowest BCUT2D eigenvalue weighted by molar-refractivity contribution is -0.147. The summed E-state index contributed by atoms with van der Waals surface area (Å²) in [6.45, 7) is 2.42. The van der Waals surface area contributed by atoms with Gasteiger partial charge < -0.3 is 18.7 Å². The fourth-order valence-corrected chi connectivity index (χ4v) is 5.04. The zero-order valence-electron chi connectivity index (χ0n) is 17.0. The summed E-state index contributed by atoms with van der Waals surface area (Å²) in [6, 6.07) is 6.26. The SMILES string of the molecule is COC(=O)[C@H](c1ccccc1Cl)N1CCC(SCc2oc(=O)oc2C)/C(=C\C(=O)O)C1. The minimum atomic E-state index is -1.07. The van der Waals surface area contributed by atoms with E-state index in [9.17, 15) is 19.5 Å². The topological polar surface area (TPSA) is 110 Å². The number of hydrogen-bond donors (Lipinski definition) is 1. The van der Waals surface area contributed by atoms with E-state index >= 15 is 0 Å². The van der Waals surface area contributed by atoms with Crippen LogP contribution in [-0.4, -0.2) is 47.4 Å². The molecule has 1 N–H and O–H groups in total. The third-order valence-electron chi connectivity index (χ3n) is 5.03. The normalized spacial score (nSPS) is 19.3. The highest BCUT2D eigenvalue weighted by Crippen LogP contribution is 2.36. The second-order valence-corrected chi connectivity index (χ2v) is 8.60. The molecule has 2 heterocycles. The van der Waals surface area contributed by atoms with Gasteiger partial charge in [0, 0.05) is 29.4 Å². The molecule has 0 saturated carbocycles. The van der Waals surface area contributed by atoms with Crippen LogP contribution in [0.3, 0.4) is 0 Å². The zero-order chi connectivity index (χ0) is 22.5. The van der Waals surface area contributed by atoms with Crippen molar-refractivity contribution in [1.29, 1.82) is 0 Å². The summed E-state index contributed by atoms with van der Waals surface area (Å²) < 4.78 is 14.9. The maximum absolute atomic E-state index is 12.6. The minimum Gasteiger partial charge on any atom is -0.478 e. The van der Waals surface area contributed by atoms with Crippen molar-refractivity contribution in [1.82, 2.24) is 4.90 Å². The van der Waals surface area contributed by atoms with Gasteiger partial charge >= 0.3 is 17.8 Å². The lowest BCUT2D eigenvalue weighted by Crippen LogP contribution is -2.43. The minimum absolute atomic E-state index is 0.128. The van der Waals surface area contributed by atoms with Crippen LogP contribution in [0.1, 0.15) is 29.5 Å². The van der Waals surface area contributed by atoms with Crippen LogP contribution in [0.5, 0.6) is 0 Å². The summed E-state index contributed by atoms with van der Waals surface area (Å²) in [5.41, 5.74) is 1.25. The maximum atomic E-state index is 12.6. The molecule has 0 radical (unpaired) electrons. The van der Waals surface area contributed by atoms with Crippen molar-refractivity contribution < 1.29 is 28.3 Å². The molecule has 1 aromatic heterocycles. The van der Waals surface area contributed by atoms with Gasteiger partial charge in [-0.1, -0.05) is 29.8 Å². The predicted molar refractivity (Wildman–Crippen MR) is 115 cm³/mol. The molecule has 2 atom stereocenters. The van der Waals surface area contributed by atoms with Gasteiger partial charge in [0.15, 0.2) is 5.76 Å². The molecular weight excluding hydrogens is 446 g/mol. The Hall–Kier alpha value is -2.49. The number of halogens is 1. The van der Waals surface area contributed by atoms with E-state index in [0.717, 1.165) is 0 Å². The molecule has 31 heavy (non-hydrogen) atoms. The summed E-state index contributed by atoms with van der Waals surface area (Å²) in [5.74, 6) is -1.10. The van der Waals surface area contributed by atoms with Crippen molar-refractivity contribution in [3.8, 4) is 0 Å². The zero-order valence-corrected chi connectivity index (χ0v) is 18.6. The Bertz CT molecular complexity index is 1040. The Morgan fingerprint density at radius 3 is 2.74 bits per heavy atom. The number of piperidine rings is 1. The van der Waals surface area contributed by atoms with E-state index < -0.39 is 23.8 Å². The standard InChI is InChI=1S/C21H22ClNO7S/c1-12-16(30-21(27)29-12)11-31-17-7-8-23(10-13(17)9-18(24)25)19(20(26)28-2)14-5-3-4-6-15(14)22/h3-6,9,17,19H,7-8,10-11H2,1-2H3,(H,24,25)/b13-9-/t17?,19-/m0/s1. The van der Waals surface area contributed by atoms with E-state index in [2.05, 4.69) is 0 Å². The second-order valence-electron chi connectivity index (χ2n) is 7.00. The first-order chi connectivity index (χ1) is 14.8. The lowest BCUT2D eigenvalue weighted by Gasteiger charge is -2.38. The highest BCUT2D eigenvalue weighted by Gasteiger charge is 2.35. The van der Waals surface area contributed by atoms with Crippen molar-refractivity contribution >= 4 is 35.3 Å². The number of carbonyl (C=O) groups is 2. The Labute approximate surface area is 187 Å². The molecular formula is C21H22ClNO7S. The number of rotatable bonds is 7. The average Bonchev–Trinajstić information content (AvgIpc) is 3.05. The van der Waals surface area contributed by atoms with Crippen LogP contribution in [0, 0.1) is 6.92 Å². The first-order valence-electron chi connectivity index (χ1n) is 9.50. The lowest BCUT2D eigenvalue weighted by atomic mass is 9.98. The number of benzene rings is 1. The van der Waals surface area contributed by atoms with E-state index in [0.29, 0.717) is 46.4 Å². The third-order valence-corrected chi connectivity index (χ3v) is 6.74. The number of thioether (sulfide) groups is 1. The van der Waals surface area contributed by atoms with Crippen molar-refractivity contribution in [3.63, 3.8) is 0 Å². The van der Waals surface area contributed by atoms with Crippen LogP contribution >= 0.6 is 23.4 Å². The van der Waals surface area contributed by atoms with Crippen molar-refractivity contribution in [2.45, 2.75) is 30.4 Å². The number of esters is 1. The fourth-order valence-electron chi connectivity index (χ4n) is 3.56. The highest BCUT2D eigenvalue weighted by atomic mass is 35.5. The highest BCUT2D eigenvalue weighted by molar-refractivity contribution is 7.99. The van der Waals surface area contributed by atoms with Gasteiger partial charge in [0.2, 0.25) is 0 Å². The van der Waals surface area contributed by atoms with Crippen LogP contribution in [-0.2, 0) is 20.1 Å². The molecule has 1 unspecified atom stereocenters. The van der Waals surface area contributed by atoms with Crippen LogP contribution in [0.4, 0.5) is 0 Å². The molecule has 166 valence electrons. The van der Waals surface area contributed by atoms with E-state index in [1.807, 2.05) is 4.90 Å². The van der Waals surface area contributed by atoms with Crippen molar-refractivity contribution in [2.24, 2.45) is 0 Å². The number of carboxylic acids is 1. The molecule has 0 spiro atoms. The Balaban J connectivity index is 1.83. The number of aryl methyl sites for hydroxylation is 1. The average molecular weight is 468 g/mol. The number of hydrogen-bond acceptors (Lipinski definition) is 8. The number of ether oxygens (including phenoxy) is 1. The Morgan fingerprint density at radius 1 is 1.39 bits per heavy atom. The molecule has 0 amide bonds. The predicted octanol–water partition coefficient (Wildman–Crippen LogP) is 3.43. The molecule has 3 rings (SSSR count). The van der Waals surface area contributed by atoms with Gasteiger partial charge in [0.25, 0.3) is 0 Å². The van der Waals surface area contributed by atoms with Gasteiger partial charge in [-0.3, -0.25) is 4.90 Å². The number of aliphatic carboxylic acids is 1. The number of likely N-dealkylation sites (tertiary alicyclic amines) is 1. The van der Waals surface area contributed by atoms with Crippen LogP contribution in [0.2, 0.25) is 5.02 Å². The van der Waals surface area contributed by atoms with Crippen molar-refractivity contribution in [3.05, 3.63) is 68.6 Å². The molecule has 1 aliphatic rings. The Morgan fingerprint density at radius 2 is 2.13 bits per heavy atom. The molecule has 0 aliphatic carbocycles. The summed E-state index contributed by atoms with van der Waals surface area (Å²) in [6.07, 6.45) is 1.76. The Kier molecular flexibility index (Phi) is 7.64. The summed E-state index contributed by atoms with van der Waals surface area (Å²) in [7, 11) is 1.31. The van der Waals surface area contributed by atoms with Crippen LogP contribution in [0.15, 0.2) is 49.5 Å². The van der Waals surface area contributed by atoms with Gasteiger partial charge in [0.1, 0.15) is 11.8 Å². The van der Waals surface area contributed by atoms with E-state index in [4.69, 9.17) is 25.2 Å². The number of nitrogens with zero attached hydrogens (tertiary/aromatic N) is 1. The van der Waals surface area contributed by atoms with Crippen molar-refractivity contribution in [2.75, 3.05) is 20.2 Å². The summed E-state index contributed by atoms with van der Waals surface area (Å²) in [4.78, 5) is 37.2. The monoisotopic (exact) mass is 467 g/mol. The molecule has 8 nitrogen and oxygen atoms in total. The van der Waals surface area contributed by atoms with Crippen LogP contribution < -0.4 is 5.82 Å². The molecule has 10 heteroatoms. The van der Waals surface area contributed by atoms with E-state index in [-0.39, 0.29) is 11.8 Å². The van der Waals surface area contributed by atoms with Gasteiger partial charge in [0.05, 0.1) is 12.9 Å². The second kappa shape index (κ2) is 10.2. The molecule has 1 saturated heterocycles. The quantitative estimate of drug-likeness (QED) is 0.483. The van der Waals surface area contributed by atoms with E-state index in [1.165, 1.54) is 24.9 Å². The van der Waals surface area contributed by atoms with Gasteiger partial charge in [-0.2, -0.15) is 0 Å². The van der Waals surface area contributed by atoms with E-state index in [1.54, 1.807) is 31.2 Å². The molecule has 2 aromatic rings. The molecule has 1 aliphatic heterocycles. The number of carboxylic acid groups (broad SMARTS) is 1. The first-order valence-corrected chi connectivity index (χ1v) is 10.9. The number of carbonyl (C=O) groups excluding carboxylic acids is 1. The summed E-state index contributed by atoms with van der Waals surface area (Å²) in [5, 5.41) is 9.67. The third kappa shape index (κ3) is 5.61. The van der Waals surface area contributed by atoms with Gasteiger partial charge in [-0.25, -0.2) is 14.4 Å². The van der Waals surface area contributed by atoms with Gasteiger partial charge in [-0.05, 0) is 30.5 Å². The fraction of sp³-hybridized carbons (Fsp3) is 0.381. The number of methoxy groups -OCH3 is 1. The van der Waals surface area contributed by atoms with Crippen LogP contribution in [0.25, 0.3) is 0 Å². The molecule has 0 bridgehead atoms. The summed E-state index contributed by atoms with van der Waals surface area (Å²) >= 11 is 7.79. The molecule has 1 aromatic carbocycles. The smallest absolute Gasteiger partial charge is 0.478 e. The maximum Gasteiger partial charge on any atom is 0.519 e.